The highest BCUT2D eigenvalue weighted by Gasteiger charge is 2.27. The summed E-state index contributed by atoms with van der Waals surface area (Å²) in [4.78, 5) is 7.13. The van der Waals surface area contributed by atoms with Gasteiger partial charge in [0.2, 0.25) is 0 Å². The average Bonchev–Trinajstić information content (AvgIpc) is 2.66. The zero-order valence-corrected chi connectivity index (χ0v) is 13.5. The molecule has 0 aliphatic carbocycles. The van der Waals surface area contributed by atoms with E-state index < -0.39 is 0 Å². The van der Waals surface area contributed by atoms with Gasteiger partial charge in [-0.2, -0.15) is 0 Å². The molecule has 0 bridgehead atoms. The average molecular weight is 281 g/mol. The van der Waals surface area contributed by atoms with Gasteiger partial charge in [-0.05, 0) is 37.5 Å². The van der Waals surface area contributed by atoms with E-state index in [1.165, 1.54) is 19.3 Å². The lowest BCUT2D eigenvalue weighted by atomic mass is 9.77. The van der Waals surface area contributed by atoms with Crippen molar-refractivity contribution in [3.8, 4) is 0 Å². The number of thiazole rings is 1. The van der Waals surface area contributed by atoms with Crippen molar-refractivity contribution >= 4 is 16.5 Å². The minimum atomic E-state index is 0.0410. The molecule has 2 N–H and O–H groups in total. The van der Waals surface area contributed by atoms with Gasteiger partial charge in [0.1, 0.15) is 0 Å². The number of nitrogens with zero attached hydrogens (tertiary/aromatic N) is 2. The van der Waals surface area contributed by atoms with E-state index in [2.05, 4.69) is 36.0 Å². The number of nitrogens with two attached hydrogens (primary N) is 1. The SMILES string of the molecule is CC(N)c1csc(N2CCCC(C(C)(C)C)CC2)n1. The number of rotatable bonds is 2. The summed E-state index contributed by atoms with van der Waals surface area (Å²) in [5, 5.41) is 3.26. The van der Waals surface area contributed by atoms with Gasteiger partial charge in [-0.15, -0.1) is 11.3 Å². The Morgan fingerprint density at radius 1 is 1.37 bits per heavy atom. The van der Waals surface area contributed by atoms with Gasteiger partial charge < -0.3 is 10.6 Å². The van der Waals surface area contributed by atoms with E-state index in [-0.39, 0.29) is 6.04 Å². The lowest BCUT2D eigenvalue weighted by Crippen LogP contribution is -2.26. The van der Waals surface area contributed by atoms with Crippen molar-refractivity contribution in [2.24, 2.45) is 17.1 Å². The minimum absolute atomic E-state index is 0.0410. The molecule has 1 saturated heterocycles. The molecule has 2 atom stereocenters. The second-order valence-electron chi connectivity index (χ2n) is 6.82. The standard InChI is InChI=1S/C15H27N3S/c1-11(16)13-10-19-14(17-13)18-8-5-6-12(7-9-18)15(2,3)4/h10-12H,5-9,16H2,1-4H3. The van der Waals surface area contributed by atoms with Crippen LogP contribution >= 0.6 is 11.3 Å². The Bertz CT molecular complexity index is 406. The smallest absolute Gasteiger partial charge is 0.185 e. The van der Waals surface area contributed by atoms with Gasteiger partial charge in [0.05, 0.1) is 5.69 Å². The van der Waals surface area contributed by atoms with E-state index in [1.807, 2.05) is 6.92 Å². The summed E-state index contributed by atoms with van der Waals surface area (Å²) in [6, 6.07) is 0.0410. The molecule has 1 aliphatic rings. The van der Waals surface area contributed by atoms with Gasteiger partial charge in [-0.25, -0.2) is 4.98 Å². The summed E-state index contributed by atoms with van der Waals surface area (Å²) >= 11 is 1.74. The summed E-state index contributed by atoms with van der Waals surface area (Å²) in [7, 11) is 0. The highest BCUT2D eigenvalue weighted by atomic mass is 32.1. The Kier molecular flexibility index (Phi) is 4.51. The Morgan fingerprint density at radius 2 is 2.11 bits per heavy atom. The Balaban J connectivity index is 2.02. The van der Waals surface area contributed by atoms with Crippen LogP contribution < -0.4 is 10.6 Å². The third kappa shape index (κ3) is 3.69. The van der Waals surface area contributed by atoms with Gasteiger partial charge in [0, 0.05) is 24.5 Å². The molecule has 4 heteroatoms. The summed E-state index contributed by atoms with van der Waals surface area (Å²) in [6.45, 7) is 11.4. The van der Waals surface area contributed by atoms with Crippen molar-refractivity contribution in [1.82, 2.24) is 4.98 Å². The van der Waals surface area contributed by atoms with Crippen molar-refractivity contribution in [3.05, 3.63) is 11.1 Å². The molecule has 108 valence electrons. The molecule has 1 aromatic heterocycles. The van der Waals surface area contributed by atoms with Crippen molar-refractivity contribution in [3.63, 3.8) is 0 Å². The Morgan fingerprint density at radius 3 is 2.68 bits per heavy atom. The van der Waals surface area contributed by atoms with E-state index in [1.54, 1.807) is 11.3 Å². The maximum atomic E-state index is 5.89. The molecule has 2 rings (SSSR count). The molecule has 3 nitrogen and oxygen atoms in total. The van der Waals surface area contributed by atoms with Crippen LogP contribution in [0.25, 0.3) is 0 Å². The third-order valence-corrected chi connectivity index (χ3v) is 5.12. The molecule has 2 heterocycles. The largest absolute Gasteiger partial charge is 0.348 e. The second kappa shape index (κ2) is 5.80. The van der Waals surface area contributed by atoms with Crippen LogP contribution in [0, 0.1) is 11.3 Å². The van der Waals surface area contributed by atoms with Crippen LogP contribution in [0.15, 0.2) is 5.38 Å². The van der Waals surface area contributed by atoms with Gasteiger partial charge in [0.15, 0.2) is 5.13 Å². The van der Waals surface area contributed by atoms with Gasteiger partial charge >= 0.3 is 0 Å². The number of anilines is 1. The third-order valence-electron chi connectivity index (χ3n) is 4.20. The van der Waals surface area contributed by atoms with Crippen LogP contribution in [-0.4, -0.2) is 18.1 Å². The molecule has 2 unspecified atom stereocenters. The quantitative estimate of drug-likeness (QED) is 0.896. The van der Waals surface area contributed by atoms with Gasteiger partial charge in [-0.3, -0.25) is 0 Å². The summed E-state index contributed by atoms with van der Waals surface area (Å²) in [5.41, 5.74) is 7.34. The first-order valence-electron chi connectivity index (χ1n) is 7.34. The molecule has 19 heavy (non-hydrogen) atoms. The number of hydrogen-bond acceptors (Lipinski definition) is 4. The molecule has 0 aromatic carbocycles. The molecule has 0 spiro atoms. The van der Waals surface area contributed by atoms with Crippen LogP contribution in [0.4, 0.5) is 5.13 Å². The van der Waals surface area contributed by atoms with E-state index in [4.69, 9.17) is 5.73 Å². The second-order valence-corrected chi connectivity index (χ2v) is 7.66. The summed E-state index contributed by atoms with van der Waals surface area (Å²) in [5.74, 6) is 0.824. The fraction of sp³-hybridized carbons (Fsp3) is 0.800. The molecule has 1 aliphatic heterocycles. The van der Waals surface area contributed by atoms with Crippen LogP contribution in [-0.2, 0) is 0 Å². The normalized spacial score (nSPS) is 23.2. The monoisotopic (exact) mass is 281 g/mol. The van der Waals surface area contributed by atoms with E-state index in [9.17, 15) is 0 Å². The number of hydrogen-bond donors (Lipinski definition) is 1. The molecule has 1 aromatic rings. The zero-order chi connectivity index (χ0) is 14.0. The maximum absolute atomic E-state index is 5.89. The molecule has 1 fully saturated rings. The summed E-state index contributed by atoms with van der Waals surface area (Å²) < 4.78 is 0. The molecular formula is C15H27N3S. The van der Waals surface area contributed by atoms with Crippen molar-refractivity contribution in [1.29, 1.82) is 0 Å². The first-order chi connectivity index (χ1) is 8.88. The van der Waals surface area contributed by atoms with Crippen molar-refractivity contribution in [2.45, 2.75) is 53.0 Å². The molecule has 0 amide bonds. The Labute approximate surface area is 121 Å². The topological polar surface area (TPSA) is 42.1 Å². The highest BCUT2D eigenvalue weighted by molar-refractivity contribution is 7.13. The predicted octanol–water partition coefficient (Wildman–Crippen LogP) is 3.82. The fourth-order valence-electron chi connectivity index (χ4n) is 2.78. The van der Waals surface area contributed by atoms with Gasteiger partial charge in [0.25, 0.3) is 0 Å². The maximum Gasteiger partial charge on any atom is 0.185 e. The van der Waals surface area contributed by atoms with Crippen LogP contribution in [0.2, 0.25) is 0 Å². The van der Waals surface area contributed by atoms with Crippen LogP contribution in [0.5, 0.6) is 0 Å². The summed E-state index contributed by atoms with van der Waals surface area (Å²) in [6.07, 6.45) is 3.89. The highest BCUT2D eigenvalue weighted by Crippen LogP contribution is 2.35. The van der Waals surface area contributed by atoms with Crippen molar-refractivity contribution in [2.75, 3.05) is 18.0 Å². The fourth-order valence-corrected chi connectivity index (χ4v) is 3.77. The van der Waals surface area contributed by atoms with Gasteiger partial charge in [-0.1, -0.05) is 20.8 Å². The van der Waals surface area contributed by atoms with Crippen LogP contribution in [0.1, 0.15) is 58.7 Å². The van der Waals surface area contributed by atoms with Crippen LogP contribution in [0.3, 0.4) is 0 Å². The first kappa shape index (κ1) is 14.8. The molecule has 0 saturated carbocycles. The van der Waals surface area contributed by atoms with E-state index >= 15 is 0 Å². The number of aromatic nitrogens is 1. The van der Waals surface area contributed by atoms with E-state index in [0.717, 1.165) is 29.8 Å². The predicted molar refractivity (Wildman–Crippen MR) is 83.7 cm³/mol. The van der Waals surface area contributed by atoms with Crippen molar-refractivity contribution < 1.29 is 0 Å². The van der Waals surface area contributed by atoms with E-state index in [0.29, 0.717) is 5.41 Å². The Hall–Kier alpha value is -0.610. The molecular weight excluding hydrogens is 254 g/mol. The molecule has 0 radical (unpaired) electrons. The first-order valence-corrected chi connectivity index (χ1v) is 8.22. The lowest BCUT2D eigenvalue weighted by Gasteiger charge is -2.29. The minimum Gasteiger partial charge on any atom is -0.348 e. The lowest BCUT2D eigenvalue weighted by molar-refractivity contribution is 0.220. The zero-order valence-electron chi connectivity index (χ0n) is 12.6.